The highest BCUT2D eigenvalue weighted by Crippen LogP contribution is 2.62. The highest BCUT2D eigenvalue weighted by Gasteiger charge is 2.47. The van der Waals surface area contributed by atoms with Crippen LogP contribution in [0, 0.1) is 11.3 Å². The molecule has 2 atom stereocenters. The number of fused-ring (bicyclic) bond motifs is 7. The zero-order chi connectivity index (χ0) is 33.4. The zero-order valence-electron chi connectivity index (χ0n) is 27.5. The highest BCUT2D eigenvalue weighted by molar-refractivity contribution is 8.01. The van der Waals surface area contributed by atoms with Crippen LogP contribution in [0.15, 0.2) is 169 Å². The topological polar surface area (TPSA) is 23.8 Å². The first kappa shape index (κ1) is 29.1. The Morgan fingerprint density at radius 1 is 0.540 bits per heavy atom. The summed E-state index contributed by atoms with van der Waals surface area (Å²) in [5.41, 5.74) is 9.74. The van der Waals surface area contributed by atoms with Gasteiger partial charge in [0.15, 0.2) is 0 Å². The molecule has 0 amide bonds. The zero-order valence-corrected chi connectivity index (χ0v) is 28.3. The van der Waals surface area contributed by atoms with E-state index in [0.717, 1.165) is 27.1 Å². The summed E-state index contributed by atoms with van der Waals surface area (Å²) in [5, 5.41) is 19.7. The Hall–Kier alpha value is -5.88. The van der Waals surface area contributed by atoms with Gasteiger partial charge in [-0.3, -0.25) is 0 Å². The Balaban J connectivity index is 1.17. The normalized spacial score (nSPS) is 17.9. The van der Waals surface area contributed by atoms with E-state index in [2.05, 4.69) is 165 Å². The van der Waals surface area contributed by atoms with Crippen molar-refractivity contribution in [1.29, 1.82) is 5.26 Å². The summed E-state index contributed by atoms with van der Waals surface area (Å²) < 4.78 is -0.225. The maximum atomic E-state index is 10.3. The van der Waals surface area contributed by atoms with Crippen molar-refractivity contribution in [2.75, 3.05) is 0 Å². The molecule has 1 nitrogen and oxygen atoms in total. The Morgan fingerprint density at radius 3 is 1.56 bits per heavy atom. The molecule has 0 aromatic heterocycles. The number of allylic oxidation sites excluding steroid dienone is 3. The maximum absolute atomic E-state index is 10.3. The summed E-state index contributed by atoms with van der Waals surface area (Å²) in [6, 6.07) is 55.2. The van der Waals surface area contributed by atoms with Crippen LogP contribution in [0.1, 0.15) is 29.5 Å². The molecule has 0 bridgehead atoms. The summed E-state index contributed by atoms with van der Waals surface area (Å²) in [6.45, 7) is 2.42. The lowest BCUT2D eigenvalue weighted by atomic mass is 9.74. The second kappa shape index (κ2) is 11.1. The smallest absolute Gasteiger partial charge is 0.100 e. The van der Waals surface area contributed by atoms with Crippen LogP contribution < -0.4 is 0 Å². The molecule has 0 spiro atoms. The predicted octanol–water partition coefficient (Wildman–Crippen LogP) is 13.1. The molecule has 2 aliphatic rings. The highest BCUT2D eigenvalue weighted by atomic mass is 32.2. The van der Waals surface area contributed by atoms with Gasteiger partial charge in [0.05, 0.1) is 10.3 Å². The summed E-state index contributed by atoms with van der Waals surface area (Å²) in [7, 11) is 0. The van der Waals surface area contributed by atoms with Crippen LogP contribution in [0.4, 0.5) is 0 Å². The van der Waals surface area contributed by atoms with Gasteiger partial charge in [0.2, 0.25) is 0 Å². The van der Waals surface area contributed by atoms with Crippen molar-refractivity contribution < 1.29 is 0 Å². The van der Waals surface area contributed by atoms with Crippen LogP contribution in [-0.4, -0.2) is 4.75 Å². The standard InChI is InChI=1S/C48H31NS/c1-48-42(24-13-25-43(48)47-34-18-7-5-16-32(34)41(29-49)33-17-6-8-19-35(33)47)40-28-31(26-27-44(40)50-48)46-38-22-11-9-20-36(38)45(30-14-3-2-4-15-30)37-21-10-12-23-39(37)46/h2-28,42H,1H3. The quantitative estimate of drug-likeness (QED) is 0.177. The van der Waals surface area contributed by atoms with Crippen LogP contribution in [0.25, 0.3) is 70.9 Å². The van der Waals surface area contributed by atoms with Gasteiger partial charge in [-0.15, -0.1) is 11.8 Å². The molecular formula is C48H31NS. The van der Waals surface area contributed by atoms with Crippen molar-refractivity contribution in [3.63, 3.8) is 0 Å². The van der Waals surface area contributed by atoms with Gasteiger partial charge >= 0.3 is 0 Å². The SMILES string of the molecule is CC12Sc3ccc(-c4c5ccccc5c(-c5ccccc5)c5ccccc45)cc3C1C=CC=C2c1c2ccccc2c(C#N)c2ccccc12. The molecule has 0 radical (unpaired) electrons. The average molecular weight is 654 g/mol. The maximum Gasteiger partial charge on any atom is 0.100 e. The Morgan fingerprint density at radius 2 is 1.02 bits per heavy atom. The van der Waals surface area contributed by atoms with Gasteiger partial charge < -0.3 is 0 Å². The van der Waals surface area contributed by atoms with Gasteiger partial charge in [0, 0.05) is 21.6 Å². The fourth-order valence-corrected chi connectivity index (χ4v) is 10.3. The Labute approximate surface area is 295 Å². The molecule has 0 saturated heterocycles. The lowest BCUT2D eigenvalue weighted by Crippen LogP contribution is -2.28. The predicted molar refractivity (Wildman–Crippen MR) is 213 cm³/mol. The third-order valence-electron chi connectivity index (χ3n) is 11.0. The van der Waals surface area contributed by atoms with Crippen LogP contribution in [-0.2, 0) is 0 Å². The van der Waals surface area contributed by atoms with E-state index in [-0.39, 0.29) is 10.7 Å². The van der Waals surface area contributed by atoms with Crippen LogP contribution >= 0.6 is 11.8 Å². The number of rotatable bonds is 3. The van der Waals surface area contributed by atoms with Gasteiger partial charge in [0.25, 0.3) is 0 Å². The van der Waals surface area contributed by atoms with Crippen LogP contribution in [0.3, 0.4) is 0 Å². The summed E-state index contributed by atoms with van der Waals surface area (Å²) in [4.78, 5) is 1.33. The van der Waals surface area contributed by atoms with Crippen molar-refractivity contribution >= 4 is 60.4 Å². The largest absolute Gasteiger partial charge is 0.192 e. The molecule has 0 fully saturated rings. The molecule has 0 saturated carbocycles. The third-order valence-corrected chi connectivity index (χ3v) is 12.4. The van der Waals surface area contributed by atoms with Gasteiger partial charge in [-0.1, -0.05) is 152 Å². The number of hydrogen-bond donors (Lipinski definition) is 0. The summed E-state index contributed by atoms with van der Waals surface area (Å²) in [5.74, 6) is 0.191. The van der Waals surface area contributed by atoms with E-state index in [4.69, 9.17) is 0 Å². The van der Waals surface area contributed by atoms with Gasteiger partial charge in [-0.2, -0.15) is 5.26 Å². The second-order valence-corrected chi connectivity index (χ2v) is 15.1. The van der Waals surface area contributed by atoms with Crippen molar-refractivity contribution in [3.05, 3.63) is 181 Å². The molecule has 10 rings (SSSR count). The van der Waals surface area contributed by atoms with Crippen molar-refractivity contribution in [1.82, 2.24) is 0 Å². The number of hydrogen-bond acceptors (Lipinski definition) is 2. The van der Waals surface area contributed by atoms with E-state index in [1.54, 1.807) is 0 Å². The van der Waals surface area contributed by atoms with E-state index < -0.39 is 0 Å². The van der Waals surface area contributed by atoms with Crippen molar-refractivity contribution in [3.8, 4) is 28.3 Å². The van der Waals surface area contributed by atoms with E-state index in [1.807, 2.05) is 23.9 Å². The lowest BCUT2D eigenvalue weighted by molar-refractivity contribution is 0.720. The first-order chi connectivity index (χ1) is 24.7. The summed E-state index contributed by atoms with van der Waals surface area (Å²) in [6.07, 6.45) is 6.97. The van der Waals surface area contributed by atoms with Crippen molar-refractivity contribution in [2.45, 2.75) is 22.5 Å². The molecule has 2 heteroatoms. The number of nitrogens with zero attached hydrogens (tertiary/aromatic N) is 1. The first-order valence-corrected chi connectivity index (χ1v) is 18.0. The fraction of sp³-hybridized carbons (Fsp3) is 0.0625. The molecular weight excluding hydrogens is 623 g/mol. The van der Waals surface area contributed by atoms with E-state index in [1.165, 1.54) is 65.4 Å². The molecule has 1 heterocycles. The Kier molecular flexibility index (Phi) is 6.44. The molecule has 2 unspecified atom stereocenters. The number of thioether (sulfide) groups is 1. The third kappa shape index (κ3) is 4.08. The Bertz CT molecular complexity index is 2700. The van der Waals surface area contributed by atoms with Gasteiger partial charge in [-0.25, -0.2) is 0 Å². The molecule has 1 aliphatic carbocycles. The van der Waals surface area contributed by atoms with Crippen LogP contribution in [0.5, 0.6) is 0 Å². The fourth-order valence-electron chi connectivity index (χ4n) is 8.79. The molecule has 1 aliphatic heterocycles. The van der Waals surface area contributed by atoms with Crippen LogP contribution in [0.2, 0.25) is 0 Å². The average Bonchev–Trinajstić information content (AvgIpc) is 3.48. The molecule has 0 N–H and O–H groups in total. The molecule has 8 aromatic rings. The van der Waals surface area contributed by atoms with E-state index in [9.17, 15) is 5.26 Å². The minimum absolute atomic E-state index is 0.191. The molecule has 234 valence electrons. The van der Waals surface area contributed by atoms with E-state index in [0.29, 0.717) is 0 Å². The summed E-state index contributed by atoms with van der Waals surface area (Å²) >= 11 is 1.98. The molecule has 50 heavy (non-hydrogen) atoms. The number of nitriles is 1. The minimum Gasteiger partial charge on any atom is -0.192 e. The van der Waals surface area contributed by atoms with E-state index >= 15 is 0 Å². The molecule has 8 aromatic carbocycles. The lowest BCUT2D eigenvalue weighted by Gasteiger charge is -2.36. The van der Waals surface area contributed by atoms with Gasteiger partial charge in [0.1, 0.15) is 6.07 Å². The minimum atomic E-state index is -0.225. The van der Waals surface area contributed by atoms with Gasteiger partial charge in [-0.05, 0) is 90.3 Å². The van der Waals surface area contributed by atoms with Crippen molar-refractivity contribution in [2.24, 2.45) is 0 Å². The number of benzene rings is 8. The first-order valence-electron chi connectivity index (χ1n) is 17.2. The second-order valence-electron chi connectivity index (χ2n) is 13.6. The monoisotopic (exact) mass is 653 g/mol.